The summed E-state index contributed by atoms with van der Waals surface area (Å²) in [4.78, 5) is 0. The average Bonchev–Trinajstić information content (AvgIpc) is 3.32. The van der Waals surface area contributed by atoms with Crippen molar-refractivity contribution in [2.24, 2.45) is 5.92 Å². The zero-order valence-corrected chi connectivity index (χ0v) is 35.8. The lowest BCUT2D eigenvalue weighted by atomic mass is 9.76. The van der Waals surface area contributed by atoms with Crippen LogP contribution in [-0.4, -0.2) is 0 Å². The summed E-state index contributed by atoms with van der Waals surface area (Å²) in [5, 5.41) is 13.9. The molecule has 0 heterocycles. The standard InChI is InChI=1S/C61H51N/c1-41-28-31-50(39-57(41)47-19-8-5-9-20-47)59-37-42(2)61(56-26-15-13-24-54(56)59)58-40-60(55-25-14-12-22-51(55)43(58)3)62-36-16-27-53-49(35-34-48-21-10-11-23-52(48)53)38-44-29-32-46(33-30-44)45-17-6-4-7-18-45/h4-27,29-30,32-36,38-40,42,62H,28,31,37H2,1-3H3/b36-16+,49-38-,53-27+. The number of hydrogen-bond donors (Lipinski definition) is 1. The number of fused-ring (bicyclic) bond motifs is 3. The Morgan fingerprint density at radius 3 is 2.00 bits per heavy atom. The van der Waals surface area contributed by atoms with Crippen LogP contribution in [0.25, 0.3) is 61.5 Å². The highest BCUT2D eigenvalue weighted by molar-refractivity contribution is 6.00. The van der Waals surface area contributed by atoms with Crippen LogP contribution in [0.15, 0.2) is 205 Å². The van der Waals surface area contributed by atoms with Crippen molar-refractivity contribution >= 4 is 56.1 Å². The van der Waals surface area contributed by atoms with Crippen molar-refractivity contribution in [3.05, 3.63) is 249 Å². The molecule has 0 fully saturated rings. The molecule has 2 aliphatic rings. The molecule has 1 nitrogen and oxygen atoms in total. The molecule has 0 aromatic heterocycles. The number of aryl methyl sites for hydroxylation is 1. The Balaban J connectivity index is 1.05. The van der Waals surface area contributed by atoms with Gasteiger partial charge in [-0.15, -0.1) is 0 Å². The number of allylic oxidation sites excluding steroid dienone is 5. The van der Waals surface area contributed by atoms with Gasteiger partial charge < -0.3 is 5.32 Å². The molecule has 0 amide bonds. The SMILES string of the molecule is CC1=C(c2ccccc2)C=C(C2=c3ccccc3=C(c3cc(N/C=C/C=c4\c(=C/c5ccc(-c6ccccc6)cc5)ccc5ccccc45)c4ccccc4c3C)C(C)C2)CC1. The molecule has 0 saturated heterocycles. The van der Waals surface area contributed by atoms with E-state index in [0.29, 0.717) is 5.92 Å². The molecule has 1 atom stereocenters. The van der Waals surface area contributed by atoms with Crippen molar-refractivity contribution in [3.8, 4) is 11.1 Å². The van der Waals surface area contributed by atoms with Crippen LogP contribution in [0.4, 0.5) is 5.69 Å². The molecule has 2 aliphatic carbocycles. The van der Waals surface area contributed by atoms with Crippen LogP contribution >= 0.6 is 0 Å². The van der Waals surface area contributed by atoms with E-state index < -0.39 is 0 Å². The summed E-state index contributed by atoms with van der Waals surface area (Å²) in [7, 11) is 0. The first-order valence-electron chi connectivity index (χ1n) is 22.1. The van der Waals surface area contributed by atoms with Crippen LogP contribution < -0.4 is 26.2 Å². The van der Waals surface area contributed by atoms with E-state index in [-0.39, 0.29) is 0 Å². The minimum Gasteiger partial charge on any atom is -0.361 e. The van der Waals surface area contributed by atoms with E-state index in [2.05, 4.69) is 233 Å². The molecule has 1 heteroatoms. The van der Waals surface area contributed by atoms with Gasteiger partial charge in [0.15, 0.2) is 0 Å². The van der Waals surface area contributed by atoms with Gasteiger partial charge in [-0.1, -0.05) is 195 Å². The lowest BCUT2D eigenvalue weighted by molar-refractivity contribution is 0.751. The molecule has 0 radical (unpaired) electrons. The Morgan fingerprint density at radius 2 is 1.23 bits per heavy atom. The van der Waals surface area contributed by atoms with Crippen LogP contribution in [0.3, 0.4) is 0 Å². The summed E-state index contributed by atoms with van der Waals surface area (Å²) in [6, 6.07) is 63.9. The molecule has 0 saturated carbocycles. The van der Waals surface area contributed by atoms with Gasteiger partial charge in [0.25, 0.3) is 0 Å². The molecule has 1 N–H and O–H groups in total. The lowest BCUT2D eigenvalue weighted by Gasteiger charge is -2.29. The Hall–Kier alpha value is -7.22. The first-order chi connectivity index (χ1) is 30.5. The second-order valence-electron chi connectivity index (χ2n) is 17.0. The molecule has 0 bridgehead atoms. The first kappa shape index (κ1) is 38.9. The van der Waals surface area contributed by atoms with Crippen LogP contribution in [-0.2, 0) is 0 Å². The maximum absolute atomic E-state index is 3.77. The predicted molar refractivity (Wildman–Crippen MR) is 266 cm³/mol. The summed E-state index contributed by atoms with van der Waals surface area (Å²) < 4.78 is 0. The van der Waals surface area contributed by atoms with E-state index in [9.17, 15) is 0 Å². The molecule has 62 heavy (non-hydrogen) atoms. The number of hydrogen-bond acceptors (Lipinski definition) is 1. The molecule has 1 unspecified atom stereocenters. The molecule has 0 spiro atoms. The molecular weight excluding hydrogens is 747 g/mol. The minimum atomic E-state index is 0.347. The van der Waals surface area contributed by atoms with Gasteiger partial charge >= 0.3 is 0 Å². The van der Waals surface area contributed by atoms with E-state index in [1.165, 1.54) is 104 Å². The lowest BCUT2D eigenvalue weighted by Crippen LogP contribution is -2.36. The number of anilines is 1. The van der Waals surface area contributed by atoms with Gasteiger partial charge in [0.2, 0.25) is 0 Å². The zero-order chi connectivity index (χ0) is 42.0. The normalized spacial score (nSPS) is 16.0. The summed E-state index contributed by atoms with van der Waals surface area (Å²) in [5.74, 6) is 0.347. The predicted octanol–water partition coefficient (Wildman–Crippen LogP) is 12.8. The topological polar surface area (TPSA) is 12.0 Å². The number of rotatable bonds is 8. The zero-order valence-electron chi connectivity index (χ0n) is 35.8. The van der Waals surface area contributed by atoms with Crippen molar-refractivity contribution in [3.63, 3.8) is 0 Å². The molecule has 0 aliphatic heterocycles. The summed E-state index contributed by atoms with van der Waals surface area (Å²) in [6.45, 7) is 7.04. The second kappa shape index (κ2) is 17.0. The fourth-order valence-electron chi connectivity index (χ4n) is 9.90. The van der Waals surface area contributed by atoms with Crippen LogP contribution in [0.2, 0.25) is 0 Å². The number of nitrogens with one attached hydrogen (secondary N) is 1. The largest absolute Gasteiger partial charge is 0.361 e. The first-order valence-corrected chi connectivity index (χ1v) is 22.1. The van der Waals surface area contributed by atoms with E-state index >= 15 is 0 Å². The summed E-state index contributed by atoms with van der Waals surface area (Å²) in [5.41, 5.74) is 16.0. The van der Waals surface area contributed by atoms with E-state index in [0.717, 1.165) is 24.9 Å². The van der Waals surface area contributed by atoms with Gasteiger partial charge in [-0.3, -0.25) is 0 Å². The van der Waals surface area contributed by atoms with E-state index in [4.69, 9.17) is 0 Å². The fourth-order valence-corrected chi connectivity index (χ4v) is 9.90. The van der Waals surface area contributed by atoms with Gasteiger partial charge in [-0.05, 0) is 150 Å². The van der Waals surface area contributed by atoms with Crippen molar-refractivity contribution in [1.82, 2.24) is 0 Å². The van der Waals surface area contributed by atoms with Gasteiger partial charge in [-0.25, -0.2) is 0 Å². The third-order valence-electron chi connectivity index (χ3n) is 13.1. The Morgan fingerprint density at radius 1 is 0.581 bits per heavy atom. The highest BCUT2D eigenvalue weighted by atomic mass is 14.8. The van der Waals surface area contributed by atoms with Crippen LogP contribution in [0.1, 0.15) is 55.4 Å². The van der Waals surface area contributed by atoms with Gasteiger partial charge in [-0.2, -0.15) is 0 Å². The third-order valence-corrected chi connectivity index (χ3v) is 13.1. The van der Waals surface area contributed by atoms with Crippen LogP contribution in [0.5, 0.6) is 0 Å². The second-order valence-corrected chi connectivity index (χ2v) is 17.0. The smallest absolute Gasteiger partial charge is 0.0465 e. The number of benzene rings is 8. The molecule has 10 rings (SSSR count). The summed E-state index contributed by atoms with van der Waals surface area (Å²) in [6.07, 6.45) is 14.5. The quantitative estimate of drug-likeness (QED) is 0.161. The maximum Gasteiger partial charge on any atom is 0.0465 e. The molecule has 300 valence electrons. The van der Waals surface area contributed by atoms with Gasteiger partial charge in [0.1, 0.15) is 0 Å². The van der Waals surface area contributed by atoms with Crippen molar-refractivity contribution in [1.29, 1.82) is 0 Å². The van der Waals surface area contributed by atoms with Gasteiger partial charge in [0.05, 0.1) is 0 Å². The third kappa shape index (κ3) is 7.56. The monoisotopic (exact) mass is 797 g/mol. The van der Waals surface area contributed by atoms with E-state index in [1.807, 2.05) is 0 Å². The van der Waals surface area contributed by atoms with Crippen molar-refractivity contribution in [2.75, 3.05) is 5.32 Å². The average molecular weight is 798 g/mol. The highest BCUT2D eigenvalue weighted by Gasteiger charge is 2.25. The Bertz CT molecular complexity index is 3350. The molecule has 8 aromatic rings. The van der Waals surface area contributed by atoms with Gasteiger partial charge in [0, 0.05) is 17.3 Å². The fraction of sp³-hybridized carbons (Fsp3) is 0.115. The minimum absolute atomic E-state index is 0.347. The van der Waals surface area contributed by atoms with E-state index in [1.54, 1.807) is 0 Å². The van der Waals surface area contributed by atoms with Crippen molar-refractivity contribution in [2.45, 2.75) is 40.0 Å². The maximum atomic E-state index is 3.77. The molecular formula is C61H51N. The highest BCUT2D eigenvalue weighted by Crippen LogP contribution is 2.41. The summed E-state index contributed by atoms with van der Waals surface area (Å²) >= 11 is 0. The van der Waals surface area contributed by atoms with Crippen molar-refractivity contribution < 1.29 is 0 Å². The van der Waals surface area contributed by atoms with Crippen LogP contribution in [0, 0.1) is 12.8 Å². The Labute approximate surface area is 365 Å². The molecule has 8 aromatic carbocycles. The Kier molecular flexibility index (Phi) is 10.7.